The molecule has 0 atom stereocenters. The Morgan fingerprint density at radius 1 is 1.20 bits per heavy atom. The summed E-state index contributed by atoms with van der Waals surface area (Å²) in [5.41, 5.74) is 1.42. The molecule has 128 valence electrons. The average molecular weight is 418 g/mol. The molecule has 0 saturated carbocycles. The Hall–Kier alpha value is -2.12. The summed E-state index contributed by atoms with van der Waals surface area (Å²) < 4.78 is 6.06. The summed E-state index contributed by atoms with van der Waals surface area (Å²) in [4.78, 5) is 17.6. The van der Waals surface area contributed by atoms with Crippen LogP contribution in [0.3, 0.4) is 0 Å². The number of rotatable bonds is 6. The van der Waals surface area contributed by atoms with Gasteiger partial charge in [-0.1, -0.05) is 29.4 Å². The molecule has 0 fully saturated rings. The number of hydrogen-bond donors (Lipinski definition) is 1. The van der Waals surface area contributed by atoms with Crippen LogP contribution < -0.4 is 5.32 Å². The number of thioether (sulfide) groups is 1. The molecule has 0 spiro atoms. The summed E-state index contributed by atoms with van der Waals surface area (Å²) in [5.74, 6) is 1.60. The number of amides is 1. The van der Waals surface area contributed by atoms with Crippen LogP contribution in [0.25, 0.3) is 11.4 Å². The van der Waals surface area contributed by atoms with Crippen molar-refractivity contribution >= 4 is 39.3 Å². The van der Waals surface area contributed by atoms with Gasteiger partial charge in [0.2, 0.25) is 17.6 Å². The molecule has 0 unspecified atom stereocenters. The first-order valence-corrected chi connectivity index (χ1v) is 9.48. The van der Waals surface area contributed by atoms with Crippen molar-refractivity contribution in [2.45, 2.75) is 18.2 Å². The van der Waals surface area contributed by atoms with Crippen LogP contribution in [0.5, 0.6) is 0 Å². The second-order valence-electron chi connectivity index (χ2n) is 5.26. The number of para-hydroxylation sites is 1. The molecule has 25 heavy (non-hydrogen) atoms. The smallest absolute Gasteiger partial charge is 0.225 e. The van der Waals surface area contributed by atoms with E-state index in [9.17, 15) is 4.79 Å². The molecule has 0 aliphatic rings. The SMILES string of the molecule is Cc1nc(-c2ccccc2NC(=O)CCSc2ccccc2Br)no1. The quantitative estimate of drug-likeness (QED) is 0.575. The minimum atomic E-state index is -0.0489. The van der Waals surface area contributed by atoms with E-state index in [4.69, 9.17) is 4.52 Å². The van der Waals surface area contributed by atoms with Crippen molar-refractivity contribution < 1.29 is 9.32 Å². The Kier molecular flexibility index (Phi) is 5.88. The van der Waals surface area contributed by atoms with E-state index in [1.165, 1.54) is 0 Å². The number of nitrogens with zero attached hydrogens (tertiary/aromatic N) is 2. The molecular weight excluding hydrogens is 402 g/mol. The van der Waals surface area contributed by atoms with E-state index in [1.807, 2.05) is 48.5 Å². The lowest BCUT2D eigenvalue weighted by molar-refractivity contribution is -0.115. The van der Waals surface area contributed by atoms with Crippen molar-refractivity contribution in [3.05, 3.63) is 58.9 Å². The Balaban J connectivity index is 1.61. The van der Waals surface area contributed by atoms with Crippen molar-refractivity contribution in [3.63, 3.8) is 0 Å². The predicted molar refractivity (Wildman–Crippen MR) is 103 cm³/mol. The van der Waals surface area contributed by atoms with Crippen LogP contribution in [0.1, 0.15) is 12.3 Å². The van der Waals surface area contributed by atoms with Crippen LogP contribution in [-0.4, -0.2) is 21.8 Å². The first kappa shape index (κ1) is 17.7. The second-order valence-corrected chi connectivity index (χ2v) is 7.25. The van der Waals surface area contributed by atoms with E-state index in [2.05, 4.69) is 31.4 Å². The number of aryl methyl sites for hydroxylation is 1. The van der Waals surface area contributed by atoms with Crippen LogP contribution in [-0.2, 0) is 4.79 Å². The fourth-order valence-electron chi connectivity index (χ4n) is 2.22. The van der Waals surface area contributed by atoms with Gasteiger partial charge in [-0.15, -0.1) is 11.8 Å². The normalized spacial score (nSPS) is 10.6. The molecule has 3 rings (SSSR count). The maximum Gasteiger partial charge on any atom is 0.225 e. The van der Waals surface area contributed by atoms with Gasteiger partial charge in [0, 0.05) is 34.0 Å². The van der Waals surface area contributed by atoms with Crippen LogP contribution in [0.15, 0.2) is 62.4 Å². The van der Waals surface area contributed by atoms with E-state index in [-0.39, 0.29) is 5.91 Å². The van der Waals surface area contributed by atoms with Crippen LogP contribution >= 0.6 is 27.7 Å². The maximum atomic E-state index is 12.3. The Labute approximate surface area is 158 Å². The largest absolute Gasteiger partial charge is 0.339 e. The first-order valence-electron chi connectivity index (χ1n) is 7.70. The Morgan fingerprint density at radius 2 is 1.96 bits per heavy atom. The van der Waals surface area contributed by atoms with E-state index in [0.717, 1.165) is 14.9 Å². The average Bonchev–Trinajstić information content (AvgIpc) is 3.03. The standard InChI is InChI=1S/C18H16BrN3O2S/c1-12-20-18(22-24-12)13-6-2-4-8-15(13)21-17(23)10-11-25-16-9-5-3-7-14(16)19/h2-9H,10-11H2,1H3,(H,21,23). The van der Waals surface area contributed by atoms with E-state index < -0.39 is 0 Å². The number of benzene rings is 2. The highest BCUT2D eigenvalue weighted by Gasteiger charge is 2.12. The highest BCUT2D eigenvalue weighted by Crippen LogP contribution is 2.28. The number of aromatic nitrogens is 2. The van der Waals surface area contributed by atoms with Gasteiger partial charge in [0.15, 0.2) is 0 Å². The molecule has 7 heteroatoms. The summed E-state index contributed by atoms with van der Waals surface area (Å²) in [6.07, 6.45) is 0.408. The van der Waals surface area contributed by atoms with Gasteiger partial charge in [0.05, 0.1) is 5.69 Å². The summed E-state index contributed by atoms with van der Waals surface area (Å²) >= 11 is 5.15. The molecule has 1 amide bonds. The molecule has 1 aromatic heterocycles. The van der Waals surface area contributed by atoms with Crippen molar-refractivity contribution in [2.24, 2.45) is 0 Å². The zero-order valence-electron chi connectivity index (χ0n) is 13.5. The van der Waals surface area contributed by atoms with Crippen molar-refractivity contribution in [1.82, 2.24) is 10.1 Å². The molecule has 0 saturated heterocycles. The third-order valence-corrected chi connectivity index (χ3v) is 5.42. The minimum Gasteiger partial charge on any atom is -0.339 e. The highest BCUT2D eigenvalue weighted by molar-refractivity contribution is 9.10. The fraction of sp³-hybridized carbons (Fsp3) is 0.167. The maximum absolute atomic E-state index is 12.3. The third-order valence-electron chi connectivity index (χ3n) is 3.39. The topological polar surface area (TPSA) is 68.0 Å². The van der Waals surface area contributed by atoms with Crippen LogP contribution in [0, 0.1) is 6.92 Å². The Morgan fingerprint density at radius 3 is 2.72 bits per heavy atom. The molecule has 3 aromatic rings. The molecular formula is C18H16BrN3O2S. The zero-order chi connectivity index (χ0) is 17.6. The van der Waals surface area contributed by atoms with E-state index in [0.29, 0.717) is 29.6 Å². The van der Waals surface area contributed by atoms with Gasteiger partial charge < -0.3 is 9.84 Å². The molecule has 5 nitrogen and oxygen atoms in total. The van der Waals surface area contributed by atoms with Gasteiger partial charge in [0.25, 0.3) is 0 Å². The van der Waals surface area contributed by atoms with Crippen LogP contribution in [0.4, 0.5) is 5.69 Å². The molecule has 1 heterocycles. The number of anilines is 1. The van der Waals surface area contributed by atoms with Gasteiger partial charge in [-0.2, -0.15) is 4.98 Å². The summed E-state index contributed by atoms with van der Waals surface area (Å²) in [7, 11) is 0. The third kappa shape index (κ3) is 4.70. The lowest BCUT2D eigenvalue weighted by Gasteiger charge is -2.09. The zero-order valence-corrected chi connectivity index (χ0v) is 15.9. The second kappa shape index (κ2) is 8.31. The first-order chi connectivity index (χ1) is 12.1. The van der Waals surface area contributed by atoms with Gasteiger partial charge in [0.1, 0.15) is 0 Å². The number of carbonyl (C=O) groups is 1. The molecule has 0 radical (unpaired) electrons. The summed E-state index contributed by atoms with van der Waals surface area (Å²) in [6.45, 7) is 1.73. The number of nitrogens with one attached hydrogen (secondary N) is 1. The molecule has 0 aliphatic heterocycles. The van der Waals surface area contributed by atoms with Crippen molar-refractivity contribution in [2.75, 3.05) is 11.1 Å². The van der Waals surface area contributed by atoms with E-state index >= 15 is 0 Å². The highest BCUT2D eigenvalue weighted by atomic mass is 79.9. The number of carbonyl (C=O) groups excluding carboxylic acids is 1. The minimum absolute atomic E-state index is 0.0489. The van der Waals surface area contributed by atoms with Crippen LogP contribution in [0.2, 0.25) is 0 Å². The van der Waals surface area contributed by atoms with Gasteiger partial charge in [-0.05, 0) is 40.2 Å². The number of hydrogen-bond acceptors (Lipinski definition) is 5. The molecule has 1 N–H and O–H groups in total. The predicted octanol–water partition coefficient (Wildman–Crippen LogP) is 4.93. The lowest BCUT2D eigenvalue weighted by atomic mass is 10.1. The molecule has 0 bridgehead atoms. The summed E-state index contributed by atoms with van der Waals surface area (Å²) in [6, 6.07) is 15.4. The number of halogens is 1. The lowest BCUT2D eigenvalue weighted by Crippen LogP contribution is -2.13. The van der Waals surface area contributed by atoms with Crippen molar-refractivity contribution in [1.29, 1.82) is 0 Å². The van der Waals surface area contributed by atoms with Gasteiger partial charge >= 0.3 is 0 Å². The monoisotopic (exact) mass is 417 g/mol. The van der Waals surface area contributed by atoms with Crippen molar-refractivity contribution in [3.8, 4) is 11.4 Å². The molecule has 0 aliphatic carbocycles. The fourth-order valence-corrected chi connectivity index (χ4v) is 3.74. The molecule has 2 aromatic carbocycles. The Bertz CT molecular complexity index is 882. The van der Waals surface area contributed by atoms with E-state index in [1.54, 1.807) is 18.7 Å². The summed E-state index contributed by atoms with van der Waals surface area (Å²) in [5, 5.41) is 6.85. The van der Waals surface area contributed by atoms with Gasteiger partial charge in [-0.25, -0.2) is 0 Å². The van der Waals surface area contributed by atoms with Gasteiger partial charge in [-0.3, -0.25) is 4.79 Å².